The highest BCUT2D eigenvalue weighted by Gasteiger charge is 2.37. The normalized spacial score (nSPS) is 19.5. The predicted octanol–water partition coefficient (Wildman–Crippen LogP) is 3.06. The van der Waals surface area contributed by atoms with Crippen molar-refractivity contribution in [3.63, 3.8) is 0 Å². The van der Waals surface area contributed by atoms with Crippen molar-refractivity contribution in [3.8, 4) is 0 Å². The maximum atomic E-state index is 12.6. The van der Waals surface area contributed by atoms with Gasteiger partial charge in [0.25, 0.3) is 0 Å². The molecule has 0 radical (unpaired) electrons. The number of anilines is 1. The van der Waals surface area contributed by atoms with E-state index in [9.17, 15) is 9.59 Å². The highest BCUT2D eigenvalue weighted by atomic mass is 35.5. The smallest absolute Gasteiger partial charge is 0.356 e. The average molecular weight is 377 g/mol. The van der Waals surface area contributed by atoms with E-state index >= 15 is 0 Å². The van der Waals surface area contributed by atoms with Gasteiger partial charge in [0, 0.05) is 36.6 Å². The van der Waals surface area contributed by atoms with E-state index in [1.165, 1.54) is 17.9 Å². The van der Waals surface area contributed by atoms with Gasteiger partial charge in [-0.05, 0) is 24.1 Å². The lowest BCUT2D eigenvalue weighted by Gasteiger charge is -2.25. The van der Waals surface area contributed by atoms with Gasteiger partial charge in [-0.2, -0.15) is 5.10 Å². The zero-order valence-electron chi connectivity index (χ0n) is 15.0. The summed E-state index contributed by atoms with van der Waals surface area (Å²) in [5.41, 5.74) is 1.31. The molecule has 8 heteroatoms. The Kier molecular flexibility index (Phi) is 4.91. The second kappa shape index (κ2) is 6.99. The topological polar surface area (TPSA) is 76.5 Å². The van der Waals surface area contributed by atoms with Gasteiger partial charge in [0.1, 0.15) is 5.69 Å². The third-order valence-corrected chi connectivity index (χ3v) is 5.06. The molecule has 1 atom stereocenters. The molecule has 3 rings (SSSR count). The Labute approximate surface area is 156 Å². The first-order valence-electron chi connectivity index (χ1n) is 8.27. The molecule has 1 aromatic heterocycles. The molecular formula is C18H21ClN4O3. The summed E-state index contributed by atoms with van der Waals surface area (Å²) < 4.78 is 6.07. The van der Waals surface area contributed by atoms with E-state index in [1.807, 2.05) is 24.3 Å². The Bertz CT molecular complexity index is 833. The first kappa shape index (κ1) is 18.3. The molecule has 26 heavy (non-hydrogen) atoms. The van der Waals surface area contributed by atoms with Gasteiger partial charge >= 0.3 is 12.0 Å². The SMILES string of the molecule is COC(=O)c1cc(NC(=O)N2CCC(C)(c3ccc(Cl)cc3)C2)nn1C. The van der Waals surface area contributed by atoms with Gasteiger partial charge < -0.3 is 9.64 Å². The molecule has 1 aromatic carbocycles. The number of aromatic nitrogens is 2. The number of hydrogen-bond acceptors (Lipinski definition) is 4. The lowest BCUT2D eigenvalue weighted by Crippen LogP contribution is -2.36. The fourth-order valence-electron chi connectivity index (χ4n) is 3.23. The number of amides is 2. The molecule has 1 aliphatic rings. The van der Waals surface area contributed by atoms with Crippen molar-refractivity contribution in [2.75, 3.05) is 25.5 Å². The summed E-state index contributed by atoms with van der Waals surface area (Å²) in [4.78, 5) is 26.0. The third-order valence-electron chi connectivity index (χ3n) is 4.81. The number of esters is 1. The number of nitrogens with one attached hydrogen (secondary N) is 1. The fourth-order valence-corrected chi connectivity index (χ4v) is 3.36. The number of hydrogen-bond donors (Lipinski definition) is 1. The number of nitrogens with zero attached hydrogens (tertiary/aromatic N) is 3. The number of carbonyl (C=O) groups is 2. The summed E-state index contributed by atoms with van der Waals surface area (Å²) in [7, 11) is 2.92. The highest BCUT2D eigenvalue weighted by Crippen LogP contribution is 2.34. The molecule has 2 aromatic rings. The number of benzene rings is 1. The van der Waals surface area contributed by atoms with E-state index in [1.54, 1.807) is 11.9 Å². The summed E-state index contributed by atoms with van der Waals surface area (Å²) in [5, 5.41) is 7.58. The van der Waals surface area contributed by atoms with Crippen LogP contribution >= 0.6 is 11.6 Å². The standard InChI is InChI=1S/C18H21ClN4O3/c1-18(12-4-6-13(19)7-5-12)8-9-23(11-18)17(25)20-15-10-14(16(24)26-3)22(2)21-15/h4-7,10H,8-9,11H2,1-3H3,(H,20,21,25). The van der Waals surface area contributed by atoms with Crippen LogP contribution < -0.4 is 5.32 Å². The summed E-state index contributed by atoms with van der Waals surface area (Å²) >= 11 is 5.96. The van der Waals surface area contributed by atoms with Gasteiger partial charge in [-0.3, -0.25) is 10.00 Å². The molecule has 1 saturated heterocycles. The maximum absolute atomic E-state index is 12.6. The van der Waals surface area contributed by atoms with Crippen LogP contribution in [-0.4, -0.2) is 46.9 Å². The minimum atomic E-state index is -0.503. The number of aryl methyl sites for hydroxylation is 1. The van der Waals surface area contributed by atoms with Crippen molar-refractivity contribution in [3.05, 3.63) is 46.6 Å². The van der Waals surface area contributed by atoms with Gasteiger partial charge in [-0.25, -0.2) is 9.59 Å². The molecule has 0 bridgehead atoms. The third kappa shape index (κ3) is 3.53. The van der Waals surface area contributed by atoms with Crippen LogP contribution in [0.5, 0.6) is 0 Å². The Morgan fingerprint density at radius 3 is 2.65 bits per heavy atom. The molecule has 0 aliphatic carbocycles. The molecule has 1 N–H and O–H groups in total. The quantitative estimate of drug-likeness (QED) is 0.835. The molecule has 2 heterocycles. The van der Waals surface area contributed by atoms with Crippen LogP contribution in [0.15, 0.2) is 30.3 Å². The highest BCUT2D eigenvalue weighted by molar-refractivity contribution is 6.30. The Morgan fingerprint density at radius 1 is 1.31 bits per heavy atom. The molecule has 1 unspecified atom stereocenters. The van der Waals surface area contributed by atoms with E-state index in [0.29, 0.717) is 23.9 Å². The minimum Gasteiger partial charge on any atom is -0.464 e. The van der Waals surface area contributed by atoms with E-state index < -0.39 is 5.97 Å². The second-order valence-corrected chi connectivity index (χ2v) is 7.14. The molecule has 0 spiro atoms. The number of rotatable bonds is 3. The van der Waals surface area contributed by atoms with Crippen molar-refractivity contribution in [1.82, 2.24) is 14.7 Å². The Hall–Kier alpha value is -2.54. The molecule has 138 valence electrons. The molecule has 2 amide bonds. The van der Waals surface area contributed by atoms with E-state index in [4.69, 9.17) is 11.6 Å². The van der Waals surface area contributed by atoms with Crippen LogP contribution in [0.4, 0.5) is 10.6 Å². The van der Waals surface area contributed by atoms with E-state index in [-0.39, 0.29) is 17.1 Å². The zero-order valence-corrected chi connectivity index (χ0v) is 15.7. The van der Waals surface area contributed by atoms with Crippen molar-refractivity contribution in [2.24, 2.45) is 7.05 Å². The number of ether oxygens (including phenoxy) is 1. The number of halogens is 1. The first-order valence-corrected chi connectivity index (χ1v) is 8.64. The molecule has 0 saturated carbocycles. The van der Waals surface area contributed by atoms with Crippen LogP contribution in [0.1, 0.15) is 29.4 Å². The predicted molar refractivity (Wildman–Crippen MR) is 98.6 cm³/mol. The van der Waals surface area contributed by atoms with E-state index in [0.717, 1.165) is 12.0 Å². The Balaban J connectivity index is 1.68. The monoisotopic (exact) mass is 376 g/mol. The van der Waals surface area contributed by atoms with Crippen LogP contribution in [0.3, 0.4) is 0 Å². The minimum absolute atomic E-state index is 0.122. The summed E-state index contributed by atoms with van der Waals surface area (Å²) in [6.45, 7) is 3.37. The second-order valence-electron chi connectivity index (χ2n) is 6.70. The number of methoxy groups -OCH3 is 1. The Morgan fingerprint density at radius 2 is 2.00 bits per heavy atom. The van der Waals surface area contributed by atoms with Gasteiger partial charge in [0.15, 0.2) is 5.82 Å². The van der Waals surface area contributed by atoms with Gasteiger partial charge in [0.2, 0.25) is 0 Å². The molecule has 1 fully saturated rings. The van der Waals surface area contributed by atoms with Crippen molar-refractivity contribution < 1.29 is 14.3 Å². The summed E-state index contributed by atoms with van der Waals surface area (Å²) in [5.74, 6) is -0.185. The van der Waals surface area contributed by atoms with Crippen LogP contribution in [-0.2, 0) is 17.2 Å². The zero-order chi connectivity index (χ0) is 18.9. The number of urea groups is 1. The van der Waals surface area contributed by atoms with Gasteiger partial charge in [-0.15, -0.1) is 0 Å². The van der Waals surface area contributed by atoms with Gasteiger partial charge in [0.05, 0.1) is 7.11 Å². The molecule has 7 nitrogen and oxygen atoms in total. The molecular weight excluding hydrogens is 356 g/mol. The summed E-state index contributed by atoms with van der Waals surface area (Å²) in [6.07, 6.45) is 0.859. The first-order chi connectivity index (χ1) is 12.3. The van der Waals surface area contributed by atoms with E-state index in [2.05, 4.69) is 22.1 Å². The summed E-state index contributed by atoms with van der Waals surface area (Å²) in [6, 6.07) is 9.01. The largest absolute Gasteiger partial charge is 0.464 e. The van der Waals surface area contributed by atoms with Crippen LogP contribution in [0.2, 0.25) is 5.02 Å². The average Bonchev–Trinajstić information content (AvgIpc) is 3.18. The lowest BCUT2D eigenvalue weighted by molar-refractivity contribution is 0.0588. The fraction of sp³-hybridized carbons (Fsp3) is 0.389. The maximum Gasteiger partial charge on any atom is 0.356 e. The van der Waals surface area contributed by atoms with Crippen molar-refractivity contribution >= 4 is 29.4 Å². The van der Waals surface area contributed by atoms with Gasteiger partial charge in [-0.1, -0.05) is 30.7 Å². The molecule has 1 aliphatic heterocycles. The lowest BCUT2D eigenvalue weighted by atomic mass is 9.82. The van der Waals surface area contributed by atoms with Crippen LogP contribution in [0, 0.1) is 0 Å². The number of carbonyl (C=O) groups excluding carboxylic acids is 2. The number of likely N-dealkylation sites (tertiary alicyclic amines) is 1. The van der Waals surface area contributed by atoms with Crippen molar-refractivity contribution in [1.29, 1.82) is 0 Å². The van der Waals surface area contributed by atoms with Crippen LogP contribution in [0.25, 0.3) is 0 Å². The van der Waals surface area contributed by atoms with Crippen molar-refractivity contribution in [2.45, 2.75) is 18.8 Å².